The number of fused-ring (bicyclic) bond motifs is 1. The number of hydrogen-bond donors (Lipinski definition) is 1. The van der Waals surface area contributed by atoms with Crippen LogP contribution < -0.4 is 10.2 Å². The second-order valence-electron chi connectivity index (χ2n) is 7.35. The fourth-order valence-corrected chi connectivity index (χ4v) is 3.43. The number of hydrogen-bond acceptors (Lipinski definition) is 5. The lowest BCUT2D eigenvalue weighted by atomic mass is 10.0. The second-order valence-corrected chi connectivity index (χ2v) is 7.35. The van der Waals surface area contributed by atoms with Crippen molar-refractivity contribution >= 4 is 34.3 Å². The fourth-order valence-electron chi connectivity index (χ4n) is 3.43. The van der Waals surface area contributed by atoms with Gasteiger partial charge in [0.2, 0.25) is 5.91 Å². The molecular formula is C21H22N4O3. The smallest absolute Gasteiger partial charge is 0.259 e. The van der Waals surface area contributed by atoms with Gasteiger partial charge in [0.15, 0.2) is 0 Å². The monoisotopic (exact) mass is 378 g/mol. The number of anilines is 2. The molecule has 0 spiro atoms. The first kappa shape index (κ1) is 18.2. The van der Waals surface area contributed by atoms with Crippen molar-refractivity contribution in [1.82, 2.24) is 10.1 Å². The Balaban J connectivity index is 1.61. The van der Waals surface area contributed by atoms with Gasteiger partial charge in [-0.15, -0.1) is 0 Å². The molecule has 2 aromatic heterocycles. The highest BCUT2D eigenvalue weighted by Crippen LogP contribution is 2.27. The minimum atomic E-state index is -0.245. The second kappa shape index (κ2) is 7.07. The minimum absolute atomic E-state index is 0.139. The zero-order valence-electron chi connectivity index (χ0n) is 16.2. The molecule has 0 radical (unpaired) electrons. The van der Waals surface area contributed by atoms with Gasteiger partial charge >= 0.3 is 0 Å². The van der Waals surface area contributed by atoms with Crippen molar-refractivity contribution in [1.29, 1.82) is 0 Å². The van der Waals surface area contributed by atoms with E-state index in [1.807, 2.05) is 26.0 Å². The summed E-state index contributed by atoms with van der Waals surface area (Å²) >= 11 is 0. The molecule has 0 saturated carbocycles. The fraction of sp³-hybridized carbons (Fsp3) is 0.333. The van der Waals surface area contributed by atoms with Crippen LogP contribution in [0.4, 0.5) is 11.4 Å². The van der Waals surface area contributed by atoms with Gasteiger partial charge in [0.05, 0.1) is 16.6 Å². The van der Waals surface area contributed by atoms with Crippen LogP contribution in [0.5, 0.6) is 0 Å². The molecule has 1 aromatic carbocycles. The van der Waals surface area contributed by atoms with E-state index < -0.39 is 0 Å². The number of carbonyl (C=O) groups excluding carboxylic acids is 2. The molecule has 1 saturated heterocycles. The number of rotatable bonds is 4. The Morgan fingerprint density at radius 2 is 2.00 bits per heavy atom. The standard InChI is InChI=1S/C21H22N4O3/c1-12(2)17-11-16(19-13(3)24-28-21(19)23-17)20(27)22-14-6-8-15(9-7-14)25-10-4-5-18(25)26/h6-9,11-12H,4-5,10H2,1-3H3,(H,22,27). The Labute approximate surface area is 162 Å². The predicted molar refractivity (Wildman–Crippen MR) is 107 cm³/mol. The van der Waals surface area contributed by atoms with E-state index in [1.54, 1.807) is 30.0 Å². The quantitative estimate of drug-likeness (QED) is 0.740. The number of aromatic nitrogens is 2. The van der Waals surface area contributed by atoms with Gasteiger partial charge in [0.1, 0.15) is 0 Å². The van der Waals surface area contributed by atoms with E-state index >= 15 is 0 Å². The van der Waals surface area contributed by atoms with E-state index in [-0.39, 0.29) is 17.7 Å². The van der Waals surface area contributed by atoms with Crippen LogP contribution in [0.25, 0.3) is 11.1 Å². The molecule has 7 nitrogen and oxygen atoms in total. The first-order valence-corrected chi connectivity index (χ1v) is 9.42. The van der Waals surface area contributed by atoms with Crippen LogP contribution >= 0.6 is 0 Å². The molecule has 0 atom stereocenters. The summed E-state index contributed by atoms with van der Waals surface area (Å²) in [5.74, 6) is 0.0457. The summed E-state index contributed by atoms with van der Waals surface area (Å²) in [6, 6.07) is 9.11. The van der Waals surface area contributed by atoms with E-state index in [1.165, 1.54) is 0 Å². The average molecular weight is 378 g/mol. The third-order valence-electron chi connectivity index (χ3n) is 4.98. The zero-order chi connectivity index (χ0) is 19.8. The molecule has 1 N–H and O–H groups in total. The summed E-state index contributed by atoms with van der Waals surface area (Å²) in [5.41, 5.74) is 3.78. The van der Waals surface area contributed by atoms with Crippen LogP contribution in [0, 0.1) is 6.92 Å². The molecule has 144 valence electrons. The molecule has 3 heterocycles. The lowest BCUT2D eigenvalue weighted by Gasteiger charge is -2.16. The van der Waals surface area contributed by atoms with E-state index in [0.29, 0.717) is 34.5 Å². The minimum Gasteiger partial charge on any atom is -0.336 e. The van der Waals surface area contributed by atoms with Gasteiger partial charge in [-0.3, -0.25) is 9.59 Å². The summed E-state index contributed by atoms with van der Waals surface area (Å²) in [6.07, 6.45) is 1.47. The van der Waals surface area contributed by atoms with Crippen molar-refractivity contribution in [2.24, 2.45) is 0 Å². The van der Waals surface area contributed by atoms with Crippen LogP contribution in [0.1, 0.15) is 54.4 Å². The molecule has 2 amide bonds. The molecule has 3 aromatic rings. The molecule has 1 aliphatic rings. The van der Waals surface area contributed by atoms with Crippen LogP contribution in [-0.2, 0) is 4.79 Å². The van der Waals surface area contributed by atoms with Crippen molar-refractivity contribution < 1.29 is 14.1 Å². The molecule has 0 aliphatic carbocycles. The van der Waals surface area contributed by atoms with Gasteiger partial charge in [0, 0.05) is 30.0 Å². The van der Waals surface area contributed by atoms with E-state index in [9.17, 15) is 9.59 Å². The molecule has 4 rings (SSSR count). The van der Waals surface area contributed by atoms with Crippen LogP contribution in [0.2, 0.25) is 0 Å². The average Bonchev–Trinajstić information content (AvgIpc) is 3.27. The first-order valence-electron chi connectivity index (χ1n) is 9.42. The van der Waals surface area contributed by atoms with Crippen molar-refractivity contribution in [3.8, 4) is 0 Å². The Kier molecular flexibility index (Phi) is 4.58. The van der Waals surface area contributed by atoms with E-state index in [2.05, 4.69) is 15.5 Å². The third-order valence-corrected chi connectivity index (χ3v) is 4.98. The van der Waals surface area contributed by atoms with E-state index in [4.69, 9.17) is 4.52 Å². The summed E-state index contributed by atoms with van der Waals surface area (Å²) in [4.78, 5) is 31.1. The molecule has 0 unspecified atom stereocenters. The normalized spacial score (nSPS) is 14.3. The molecule has 28 heavy (non-hydrogen) atoms. The number of aryl methyl sites for hydroxylation is 1. The summed E-state index contributed by atoms with van der Waals surface area (Å²) in [6.45, 7) is 6.56. The molecule has 0 bridgehead atoms. The molecule has 1 aliphatic heterocycles. The number of nitrogens with one attached hydrogen (secondary N) is 1. The SMILES string of the molecule is Cc1noc2nc(C(C)C)cc(C(=O)Nc3ccc(N4CCCC4=O)cc3)c12. The Bertz CT molecular complexity index is 1050. The Hall–Kier alpha value is -3.22. The van der Waals surface area contributed by atoms with Crippen LogP contribution in [0.15, 0.2) is 34.9 Å². The number of pyridine rings is 1. The van der Waals surface area contributed by atoms with Crippen molar-refractivity contribution in [3.05, 3.63) is 47.3 Å². The van der Waals surface area contributed by atoms with Gasteiger partial charge in [0.25, 0.3) is 11.6 Å². The Morgan fingerprint density at radius 1 is 1.25 bits per heavy atom. The van der Waals surface area contributed by atoms with Gasteiger partial charge in [-0.1, -0.05) is 19.0 Å². The summed E-state index contributed by atoms with van der Waals surface area (Å²) < 4.78 is 5.28. The first-order chi connectivity index (χ1) is 13.4. The number of carbonyl (C=O) groups is 2. The molecular weight excluding hydrogens is 356 g/mol. The van der Waals surface area contributed by atoms with Crippen LogP contribution in [-0.4, -0.2) is 28.5 Å². The molecule has 1 fully saturated rings. The lowest BCUT2D eigenvalue weighted by molar-refractivity contribution is -0.117. The van der Waals surface area contributed by atoms with Crippen molar-refractivity contribution in [2.75, 3.05) is 16.8 Å². The highest BCUT2D eigenvalue weighted by Gasteiger charge is 2.22. The van der Waals surface area contributed by atoms with Gasteiger partial charge in [-0.2, -0.15) is 0 Å². The van der Waals surface area contributed by atoms with Gasteiger partial charge in [-0.25, -0.2) is 4.98 Å². The molecule has 7 heteroatoms. The summed E-state index contributed by atoms with van der Waals surface area (Å²) in [7, 11) is 0. The maximum absolute atomic E-state index is 13.0. The number of nitrogens with zero attached hydrogens (tertiary/aromatic N) is 3. The zero-order valence-corrected chi connectivity index (χ0v) is 16.2. The third kappa shape index (κ3) is 3.24. The van der Waals surface area contributed by atoms with E-state index in [0.717, 1.165) is 24.3 Å². The highest BCUT2D eigenvalue weighted by atomic mass is 16.5. The predicted octanol–water partition coefficient (Wildman–Crippen LogP) is 4.03. The summed E-state index contributed by atoms with van der Waals surface area (Å²) in [5, 5.41) is 7.50. The van der Waals surface area contributed by atoms with Crippen molar-refractivity contribution in [3.63, 3.8) is 0 Å². The maximum Gasteiger partial charge on any atom is 0.259 e. The number of benzene rings is 1. The largest absolute Gasteiger partial charge is 0.336 e. The van der Waals surface area contributed by atoms with Crippen LogP contribution in [0.3, 0.4) is 0 Å². The van der Waals surface area contributed by atoms with Gasteiger partial charge < -0.3 is 14.7 Å². The maximum atomic E-state index is 13.0. The van der Waals surface area contributed by atoms with Crippen molar-refractivity contribution in [2.45, 2.75) is 39.5 Å². The number of amides is 2. The lowest BCUT2D eigenvalue weighted by Crippen LogP contribution is -2.23. The topological polar surface area (TPSA) is 88.3 Å². The Morgan fingerprint density at radius 3 is 2.64 bits per heavy atom. The highest BCUT2D eigenvalue weighted by molar-refractivity contribution is 6.12. The van der Waals surface area contributed by atoms with Gasteiger partial charge in [-0.05, 0) is 49.6 Å².